The molecule has 0 N–H and O–H groups in total. The summed E-state index contributed by atoms with van der Waals surface area (Å²) in [4.78, 5) is 0. The first-order chi connectivity index (χ1) is 17.5. The summed E-state index contributed by atoms with van der Waals surface area (Å²) in [5.41, 5.74) is 9.72. The van der Waals surface area contributed by atoms with E-state index in [-0.39, 0.29) is 21.8 Å². The van der Waals surface area contributed by atoms with E-state index in [0.717, 1.165) is 19.3 Å². The highest BCUT2D eigenvalue weighted by molar-refractivity contribution is 5.95. The number of nitrogens with zero attached hydrogens (tertiary/aromatic N) is 1. The molecule has 2 aliphatic rings. The van der Waals surface area contributed by atoms with Gasteiger partial charge in [0, 0.05) is 18.9 Å². The SMILES string of the molecule is CCCCc1ccc2c3[n+](ccc2c1)C(CC)(CC)C(C)(CC)c1cc2c(cc1-3)C(C)(C)CCC2(C)C. The number of benzene rings is 2. The molecular formula is C36H50N+. The molecule has 2 aromatic carbocycles. The standard InChI is InChI=1S/C36H50N/c1-10-14-15-25-16-17-27-26(22-25)18-21-37-32(27)28-23-30-31(34(7,8)20-19-33(30,5)6)24-29(28)35(9,11-2)36(37,12-3)13-4/h16-18,21-24H,10-15,19-20H2,1-9H3/q+1. The van der Waals surface area contributed by atoms with Crippen LogP contribution in [0.3, 0.4) is 0 Å². The summed E-state index contributed by atoms with van der Waals surface area (Å²) < 4.78 is 2.72. The molecule has 0 spiro atoms. The molecule has 0 saturated heterocycles. The second-order valence-electron chi connectivity index (χ2n) is 13.7. The molecule has 0 bridgehead atoms. The zero-order valence-electron chi connectivity index (χ0n) is 25.1. The summed E-state index contributed by atoms with van der Waals surface area (Å²) in [6.07, 6.45) is 12.0. The maximum absolute atomic E-state index is 2.72. The Hall–Kier alpha value is -2.15. The first kappa shape index (κ1) is 26.5. The molecule has 198 valence electrons. The summed E-state index contributed by atoms with van der Waals surface area (Å²) >= 11 is 0. The van der Waals surface area contributed by atoms with Gasteiger partial charge in [-0.25, -0.2) is 0 Å². The lowest BCUT2D eigenvalue weighted by atomic mass is 9.56. The van der Waals surface area contributed by atoms with E-state index in [1.807, 2.05) is 0 Å². The third-order valence-electron chi connectivity index (χ3n) is 11.0. The lowest BCUT2D eigenvalue weighted by Crippen LogP contribution is -2.69. The Kier molecular flexibility index (Phi) is 6.41. The number of aromatic nitrogens is 1. The van der Waals surface area contributed by atoms with Gasteiger partial charge in [0.05, 0.1) is 16.4 Å². The van der Waals surface area contributed by atoms with Gasteiger partial charge in [-0.3, -0.25) is 0 Å². The molecule has 1 aliphatic carbocycles. The van der Waals surface area contributed by atoms with Crippen LogP contribution in [-0.2, 0) is 28.2 Å². The highest BCUT2D eigenvalue weighted by atomic mass is 15.1. The molecule has 1 heteroatoms. The minimum absolute atomic E-state index is 0.0573. The van der Waals surface area contributed by atoms with Gasteiger partial charge in [0.25, 0.3) is 0 Å². The molecule has 37 heavy (non-hydrogen) atoms. The van der Waals surface area contributed by atoms with Gasteiger partial charge in [-0.15, -0.1) is 0 Å². The highest BCUT2D eigenvalue weighted by Gasteiger charge is 2.59. The van der Waals surface area contributed by atoms with Gasteiger partial charge in [-0.2, -0.15) is 4.57 Å². The molecular weight excluding hydrogens is 446 g/mol. The minimum atomic E-state index is 0.0573. The largest absolute Gasteiger partial charge is 0.221 e. The van der Waals surface area contributed by atoms with Gasteiger partial charge in [-0.1, -0.05) is 80.0 Å². The van der Waals surface area contributed by atoms with Gasteiger partial charge < -0.3 is 0 Å². The maximum Gasteiger partial charge on any atom is 0.221 e. The maximum atomic E-state index is 2.72. The van der Waals surface area contributed by atoms with Crippen LogP contribution in [0.4, 0.5) is 0 Å². The number of fused-ring (bicyclic) bond motifs is 6. The van der Waals surface area contributed by atoms with Crippen molar-refractivity contribution in [1.29, 1.82) is 0 Å². The zero-order chi connectivity index (χ0) is 26.8. The average Bonchev–Trinajstić information content (AvgIpc) is 2.89. The van der Waals surface area contributed by atoms with Crippen molar-refractivity contribution < 1.29 is 4.57 Å². The summed E-state index contributed by atoms with van der Waals surface area (Å²) in [6, 6.07) is 15.0. The van der Waals surface area contributed by atoms with E-state index in [1.54, 1.807) is 16.7 Å². The molecule has 5 rings (SSSR count). The van der Waals surface area contributed by atoms with E-state index in [1.165, 1.54) is 59.7 Å². The summed E-state index contributed by atoms with van der Waals surface area (Å²) in [7, 11) is 0. The minimum Gasteiger partial charge on any atom is -0.192 e. The number of hydrogen-bond donors (Lipinski definition) is 0. The Balaban J connectivity index is 1.91. The smallest absolute Gasteiger partial charge is 0.192 e. The molecule has 0 saturated carbocycles. The Labute approximate surface area is 226 Å². The van der Waals surface area contributed by atoms with E-state index >= 15 is 0 Å². The third kappa shape index (κ3) is 3.66. The van der Waals surface area contributed by atoms with E-state index in [0.29, 0.717) is 0 Å². The Morgan fingerprint density at radius 1 is 0.730 bits per heavy atom. The first-order valence-corrected chi connectivity index (χ1v) is 15.2. The third-order valence-corrected chi connectivity index (χ3v) is 11.0. The molecule has 1 atom stereocenters. The molecule has 1 unspecified atom stereocenters. The Morgan fingerprint density at radius 2 is 1.38 bits per heavy atom. The molecule has 0 amide bonds. The average molecular weight is 497 g/mol. The molecule has 1 aliphatic heterocycles. The molecule has 1 nitrogen and oxygen atoms in total. The van der Waals surface area contributed by atoms with E-state index in [4.69, 9.17) is 0 Å². The van der Waals surface area contributed by atoms with Gasteiger partial charge in [0.2, 0.25) is 5.69 Å². The van der Waals surface area contributed by atoms with Crippen LogP contribution in [0.2, 0.25) is 0 Å². The lowest BCUT2D eigenvalue weighted by Gasteiger charge is -2.50. The van der Waals surface area contributed by atoms with Gasteiger partial charge in [0.1, 0.15) is 0 Å². The number of unbranched alkanes of at least 4 members (excludes halogenated alkanes) is 1. The van der Waals surface area contributed by atoms with Gasteiger partial charge in [0.15, 0.2) is 11.7 Å². The van der Waals surface area contributed by atoms with Gasteiger partial charge >= 0.3 is 0 Å². The second-order valence-corrected chi connectivity index (χ2v) is 13.7. The lowest BCUT2D eigenvalue weighted by molar-refractivity contribution is -0.768. The quantitative estimate of drug-likeness (QED) is 0.299. The zero-order valence-corrected chi connectivity index (χ0v) is 25.1. The predicted molar refractivity (Wildman–Crippen MR) is 160 cm³/mol. The van der Waals surface area contributed by atoms with Crippen LogP contribution in [-0.4, -0.2) is 0 Å². The first-order valence-electron chi connectivity index (χ1n) is 15.2. The summed E-state index contributed by atoms with van der Waals surface area (Å²) in [6.45, 7) is 22.0. The molecule has 0 fully saturated rings. The van der Waals surface area contributed by atoms with Crippen molar-refractivity contribution in [1.82, 2.24) is 0 Å². The Bertz CT molecular complexity index is 1340. The monoisotopic (exact) mass is 496 g/mol. The van der Waals surface area contributed by atoms with Crippen LogP contribution >= 0.6 is 0 Å². The van der Waals surface area contributed by atoms with Crippen molar-refractivity contribution in [3.63, 3.8) is 0 Å². The normalized spacial score (nSPS) is 22.8. The summed E-state index contributed by atoms with van der Waals surface area (Å²) in [5.74, 6) is 0. The van der Waals surface area contributed by atoms with Crippen LogP contribution < -0.4 is 4.57 Å². The fourth-order valence-corrected chi connectivity index (χ4v) is 8.17. The van der Waals surface area contributed by atoms with E-state index < -0.39 is 0 Å². The van der Waals surface area contributed by atoms with Crippen molar-refractivity contribution in [2.45, 2.75) is 135 Å². The summed E-state index contributed by atoms with van der Waals surface area (Å²) in [5, 5.41) is 2.81. The molecule has 3 aromatic rings. The van der Waals surface area contributed by atoms with Crippen LogP contribution in [0.15, 0.2) is 42.6 Å². The van der Waals surface area contributed by atoms with Gasteiger partial charge in [-0.05, 0) is 89.6 Å². The van der Waals surface area contributed by atoms with Crippen molar-refractivity contribution in [2.24, 2.45) is 0 Å². The fraction of sp³-hybridized carbons (Fsp3) is 0.583. The molecule has 1 aromatic heterocycles. The molecule has 0 radical (unpaired) electrons. The van der Waals surface area contributed by atoms with Crippen molar-refractivity contribution in [2.75, 3.05) is 0 Å². The van der Waals surface area contributed by atoms with Crippen molar-refractivity contribution in [3.05, 3.63) is 64.8 Å². The number of pyridine rings is 1. The molecule has 2 heterocycles. The Morgan fingerprint density at radius 3 is 1.97 bits per heavy atom. The number of hydrogen-bond acceptors (Lipinski definition) is 0. The van der Waals surface area contributed by atoms with E-state index in [2.05, 4.69) is 109 Å². The van der Waals surface area contributed by atoms with Crippen molar-refractivity contribution >= 4 is 10.8 Å². The second kappa shape index (κ2) is 8.96. The van der Waals surface area contributed by atoms with Crippen LogP contribution in [0, 0.1) is 0 Å². The predicted octanol–water partition coefficient (Wildman–Crippen LogP) is 9.68. The topological polar surface area (TPSA) is 3.88 Å². The number of rotatable bonds is 6. The number of aryl methyl sites for hydroxylation is 1. The van der Waals surface area contributed by atoms with Crippen molar-refractivity contribution in [3.8, 4) is 11.3 Å². The van der Waals surface area contributed by atoms with Crippen LogP contribution in [0.25, 0.3) is 22.0 Å². The fourth-order valence-electron chi connectivity index (χ4n) is 8.17. The van der Waals surface area contributed by atoms with E-state index in [9.17, 15) is 0 Å². The van der Waals surface area contributed by atoms with Crippen LogP contribution in [0.1, 0.15) is 130 Å². The van der Waals surface area contributed by atoms with Crippen LogP contribution in [0.5, 0.6) is 0 Å². The highest BCUT2D eigenvalue weighted by Crippen LogP contribution is 2.56.